The van der Waals surface area contributed by atoms with Gasteiger partial charge in [0, 0.05) is 5.40 Å². The molecule has 6 atom stereocenters. The number of nitrogens with two attached hydrogens (primary N) is 1. The molecule has 194 valence electrons. The summed E-state index contributed by atoms with van der Waals surface area (Å²) in [5.74, 6) is 0.0411. The number of nitrogen functional groups attached to an aromatic ring is 1. The maximum atomic E-state index is 12.3. The molecule has 1 saturated heterocycles. The molecule has 2 aromatic rings. The molecule has 1 aliphatic rings. The second-order valence-corrected chi connectivity index (χ2v) is 12.6. The van der Waals surface area contributed by atoms with Crippen LogP contribution < -0.4 is 11.2 Å². The summed E-state index contributed by atoms with van der Waals surface area (Å²) in [7, 11) is -13.4. The average Bonchev–Trinajstić information content (AvgIpc) is 3.15. The van der Waals surface area contributed by atoms with Gasteiger partial charge in [-0.05, 0) is 6.07 Å². The molecular formula is C12H19B3N5O13P3. The molecule has 0 amide bonds. The number of nitrogens with zero attached hydrogens (tertiary/aromatic N) is 4. The van der Waals surface area contributed by atoms with Crippen LogP contribution in [0.25, 0.3) is 5.52 Å². The highest BCUT2D eigenvalue weighted by Gasteiger charge is 2.62. The standard InChI is InChI=1S/C12H19B3N5O13P3/c13-4-1-5(20-6(4)10(17)18-3-19-20)11(2-16)8(22)7(21)9(30-11)12(14,15)31-35(26,27)33-36(28,29)32-34(23,24)25/h1,3,7-9,21-22H,13-15H2,(H,26,27)(H,28,29)(H2,17,18,19)(H2,23,24,25)/t7-,8+,9?,11-/m0/s1. The number of aliphatic hydroxyl groups excluding tert-OH is 2. The second-order valence-electron chi connectivity index (χ2n) is 8.23. The van der Waals surface area contributed by atoms with E-state index in [9.17, 15) is 39.0 Å². The number of aromatic nitrogens is 3. The van der Waals surface area contributed by atoms with Crippen LogP contribution in [0.1, 0.15) is 5.69 Å². The van der Waals surface area contributed by atoms with Crippen molar-refractivity contribution in [2.75, 3.05) is 5.73 Å². The van der Waals surface area contributed by atoms with Crippen LogP contribution in [0.4, 0.5) is 5.82 Å². The van der Waals surface area contributed by atoms with E-state index in [4.69, 9.17) is 24.8 Å². The first-order valence-electron chi connectivity index (χ1n) is 9.64. The maximum Gasteiger partial charge on any atom is 0.490 e. The lowest BCUT2D eigenvalue weighted by atomic mass is 9.61. The van der Waals surface area contributed by atoms with E-state index in [1.54, 1.807) is 13.9 Å². The Hall–Kier alpha value is -1.61. The lowest BCUT2D eigenvalue weighted by Gasteiger charge is -2.34. The highest BCUT2D eigenvalue weighted by atomic mass is 31.3. The third kappa shape index (κ3) is 5.47. The van der Waals surface area contributed by atoms with Gasteiger partial charge in [-0.25, -0.2) is 23.2 Å². The summed E-state index contributed by atoms with van der Waals surface area (Å²) >= 11 is 0. The number of aliphatic hydroxyl groups is 2. The molecule has 0 bridgehead atoms. The third-order valence-corrected chi connectivity index (χ3v) is 9.16. The quantitative estimate of drug-likeness (QED) is 0.116. The first-order valence-corrected chi connectivity index (χ1v) is 14.2. The smallest absolute Gasteiger partial charge is 0.387 e. The zero-order chi connectivity index (χ0) is 27.5. The van der Waals surface area contributed by atoms with E-state index in [-0.39, 0.29) is 17.0 Å². The topological polar surface area (TPSA) is 290 Å². The number of hydrogen-bond donors (Lipinski definition) is 7. The highest BCUT2D eigenvalue weighted by molar-refractivity contribution is 7.66. The number of hydrogen-bond acceptors (Lipinski definition) is 13. The monoisotopic (exact) mass is 567 g/mol. The van der Waals surface area contributed by atoms with Crippen LogP contribution in [0, 0.1) is 11.3 Å². The lowest BCUT2D eigenvalue weighted by molar-refractivity contribution is -0.0823. The average molecular weight is 567 g/mol. The molecule has 8 N–H and O–H groups in total. The Morgan fingerprint density at radius 2 is 1.81 bits per heavy atom. The van der Waals surface area contributed by atoms with E-state index in [0.29, 0.717) is 5.46 Å². The van der Waals surface area contributed by atoms with Crippen molar-refractivity contribution in [3.05, 3.63) is 18.1 Å². The van der Waals surface area contributed by atoms with Crippen LogP contribution >= 0.6 is 23.5 Å². The van der Waals surface area contributed by atoms with Crippen molar-refractivity contribution in [2.24, 2.45) is 0 Å². The Labute approximate surface area is 204 Å². The molecule has 0 spiro atoms. The lowest BCUT2D eigenvalue weighted by Crippen LogP contribution is -2.51. The van der Waals surface area contributed by atoms with Crippen LogP contribution in [0.2, 0.25) is 0 Å². The molecule has 1 aliphatic heterocycles. The number of ether oxygens (including phenoxy) is 1. The maximum absolute atomic E-state index is 12.3. The van der Waals surface area contributed by atoms with Crippen LogP contribution in [0.5, 0.6) is 0 Å². The second kappa shape index (κ2) is 9.30. The van der Waals surface area contributed by atoms with Gasteiger partial charge in [-0.2, -0.15) is 19.0 Å². The van der Waals surface area contributed by atoms with Crippen molar-refractivity contribution >= 4 is 63.8 Å². The minimum absolute atomic E-state index is 0.0411. The van der Waals surface area contributed by atoms with Crippen molar-refractivity contribution in [3.8, 4) is 6.07 Å². The van der Waals surface area contributed by atoms with Gasteiger partial charge in [0.2, 0.25) is 5.60 Å². The zero-order valence-electron chi connectivity index (χ0n) is 18.6. The van der Waals surface area contributed by atoms with E-state index >= 15 is 0 Å². The number of fused-ring (bicyclic) bond motifs is 1. The number of rotatable bonds is 8. The molecule has 0 aromatic carbocycles. The predicted octanol–water partition coefficient (Wildman–Crippen LogP) is -5.33. The largest absolute Gasteiger partial charge is 0.490 e. The minimum Gasteiger partial charge on any atom is -0.387 e. The molecule has 1 fully saturated rings. The van der Waals surface area contributed by atoms with Crippen molar-refractivity contribution in [1.29, 1.82) is 5.26 Å². The minimum atomic E-state index is -5.82. The fourth-order valence-electron chi connectivity index (χ4n) is 3.82. The van der Waals surface area contributed by atoms with Crippen molar-refractivity contribution < 1.29 is 61.4 Å². The first kappa shape index (κ1) is 29.0. The van der Waals surface area contributed by atoms with Crippen molar-refractivity contribution in [2.45, 2.75) is 29.3 Å². The van der Waals surface area contributed by atoms with E-state index < -0.39 is 52.8 Å². The van der Waals surface area contributed by atoms with Gasteiger partial charge in [-0.1, -0.05) is 5.46 Å². The molecule has 36 heavy (non-hydrogen) atoms. The SMILES string of the molecule is Bc1cc([C@]2(C#N)OC(C(B)(B)OP(=O)(O)OP(=O)(O)OP(=O)(O)O)[C@@H](O)[C@H]2O)n2ncnc(N)c12. The molecule has 0 aliphatic carbocycles. The fraction of sp³-hybridized carbons (Fsp3) is 0.417. The normalized spacial score (nSPS) is 28.4. The van der Waals surface area contributed by atoms with Gasteiger partial charge < -0.3 is 40.3 Å². The summed E-state index contributed by atoms with van der Waals surface area (Å²) in [6, 6.07) is 3.16. The molecule has 3 heterocycles. The van der Waals surface area contributed by atoms with Gasteiger partial charge in [0.25, 0.3) is 0 Å². The van der Waals surface area contributed by atoms with Gasteiger partial charge in [0.05, 0.1) is 5.69 Å². The van der Waals surface area contributed by atoms with Gasteiger partial charge >= 0.3 is 23.5 Å². The van der Waals surface area contributed by atoms with Crippen LogP contribution in [0.15, 0.2) is 12.4 Å². The van der Waals surface area contributed by atoms with Gasteiger partial charge in [0.15, 0.2) is 5.82 Å². The van der Waals surface area contributed by atoms with Crippen molar-refractivity contribution in [3.63, 3.8) is 0 Å². The van der Waals surface area contributed by atoms with Gasteiger partial charge in [0.1, 0.15) is 59.8 Å². The first-order chi connectivity index (χ1) is 16.3. The number of phosphoric acid groups is 3. The zero-order valence-corrected chi connectivity index (χ0v) is 21.3. The Bertz CT molecular complexity index is 1380. The predicted molar refractivity (Wildman–Crippen MR) is 125 cm³/mol. The Balaban J connectivity index is 1.96. The highest BCUT2D eigenvalue weighted by Crippen LogP contribution is 2.67. The van der Waals surface area contributed by atoms with Crippen LogP contribution in [-0.4, -0.2) is 91.6 Å². The van der Waals surface area contributed by atoms with Gasteiger partial charge in [-0.15, -0.1) is 0 Å². The molecule has 18 nitrogen and oxygen atoms in total. The summed E-state index contributed by atoms with van der Waals surface area (Å²) in [5, 5.41) is 33.4. The Morgan fingerprint density at radius 3 is 2.36 bits per heavy atom. The molecule has 0 radical (unpaired) electrons. The summed E-state index contributed by atoms with van der Waals surface area (Å²) in [4.78, 5) is 40.4. The van der Waals surface area contributed by atoms with E-state index in [2.05, 4.69) is 18.7 Å². The van der Waals surface area contributed by atoms with Gasteiger partial charge in [-0.3, -0.25) is 4.52 Å². The molecular weight excluding hydrogens is 548 g/mol. The summed E-state index contributed by atoms with van der Waals surface area (Å²) in [6.45, 7) is 0. The Kier molecular flexibility index (Phi) is 7.48. The van der Waals surface area contributed by atoms with E-state index in [0.717, 1.165) is 26.5 Å². The van der Waals surface area contributed by atoms with E-state index in [1.807, 2.05) is 0 Å². The third-order valence-electron chi connectivity index (χ3n) is 5.13. The summed E-state index contributed by atoms with van der Waals surface area (Å²) in [5.41, 5.74) is 4.24. The number of anilines is 1. The van der Waals surface area contributed by atoms with E-state index in [1.165, 1.54) is 6.07 Å². The molecule has 2 aromatic heterocycles. The summed E-state index contributed by atoms with van der Waals surface area (Å²) < 4.78 is 53.8. The fourth-order valence-corrected chi connectivity index (χ4v) is 7.16. The molecule has 3 unspecified atom stereocenters. The molecule has 24 heteroatoms. The number of phosphoric ester groups is 1. The number of nitriles is 1. The summed E-state index contributed by atoms with van der Waals surface area (Å²) in [6.07, 6.45) is -4.62. The molecule has 0 saturated carbocycles. The molecule has 3 rings (SSSR count). The Morgan fingerprint density at radius 1 is 1.19 bits per heavy atom. The van der Waals surface area contributed by atoms with Crippen LogP contribution in [0.3, 0.4) is 0 Å². The van der Waals surface area contributed by atoms with Crippen molar-refractivity contribution in [1.82, 2.24) is 14.6 Å². The van der Waals surface area contributed by atoms with Crippen LogP contribution in [-0.2, 0) is 37.2 Å².